The molecule has 3 aromatic carbocycles. The minimum atomic E-state index is -0.859. The molecule has 4 aliphatic heterocycles. The molecule has 2 fully saturated rings. The van der Waals surface area contributed by atoms with Crippen molar-refractivity contribution in [3.8, 4) is 11.1 Å². The molecule has 0 bridgehead atoms. The molecule has 0 radical (unpaired) electrons. The average molecular weight is 872 g/mol. The van der Waals surface area contributed by atoms with E-state index in [0.29, 0.717) is 48.1 Å². The normalized spacial score (nSPS) is 19.0. The fourth-order valence-corrected chi connectivity index (χ4v) is 9.99. The van der Waals surface area contributed by atoms with E-state index in [-0.39, 0.29) is 61.0 Å². The minimum Gasteiger partial charge on any atom is -0.403 e. The summed E-state index contributed by atoms with van der Waals surface area (Å²) in [5.74, 6) is 4.47. The van der Waals surface area contributed by atoms with E-state index in [9.17, 15) is 24.0 Å². The number of aromatic amines is 1. The van der Waals surface area contributed by atoms with Crippen molar-refractivity contribution in [2.75, 3.05) is 56.1 Å². The van der Waals surface area contributed by atoms with Crippen LogP contribution in [0.3, 0.4) is 0 Å². The first-order valence-electron chi connectivity index (χ1n) is 22.3. The molecule has 1 atom stereocenters. The third kappa shape index (κ3) is 8.01. The molecule has 4 aromatic rings. The lowest BCUT2D eigenvalue weighted by molar-refractivity contribution is -0.136. The molecular weight excluding hydrogens is 814 g/mol. The maximum atomic E-state index is 16.8. The van der Waals surface area contributed by atoms with Gasteiger partial charge in [-0.05, 0) is 111 Å². The van der Waals surface area contributed by atoms with E-state index in [0.717, 1.165) is 59.6 Å². The predicted molar refractivity (Wildman–Crippen MR) is 246 cm³/mol. The summed E-state index contributed by atoms with van der Waals surface area (Å²) in [6.45, 7) is 10.8. The minimum absolute atomic E-state index is 0.0937. The Bertz CT molecular complexity index is 2610. The molecule has 1 aromatic heterocycles. The van der Waals surface area contributed by atoms with Crippen molar-refractivity contribution in [3.05, 3.63) is 101 Å². The van der Waals surface area contributed by atoms with Crippen molar-refractivity contribution < 1.29 is 28.4 Å². The zero-order valence-electron chi connectivity index (χ0n) is 37.3. The second-order valence-electron chi connectivity index (χ2n) is 18.0. The number of hydrogen-bond acceptors (Lipinski definition) is 9. The number of carbonyl (C=O) groups excluding carboxylic acids is 5. The summed E-state index contributed by atoms with van der Waals surface area (Å²) in [5, 5.41) is 4.38. The Labute approximate surface area is 373 Å². The highest BCUT2D eigenvalue weighted by atomic mass is 19.1. The monoisotopic (exact) mass is 871 g/mol. The number of halogens is 1. The number of H-pyrrole nitrogens is 1. The van der Waals surface area contributed by atoms with E-state index < -0.39 is 23.2 Å². The number of aromatic nitrogens is 1. The number of nitrogens with one attached hydrogen (secondary N) is 2. The van der Waals surface area contributed by atoms with Gasteiger partial charge in [-0.25, -0.2) is 10.2 Å². The first-order chi connectivity index (χ1) is 30.6. The zero-order chi connectivity index (χ0) is 45.6. The number of nitrogens with two attached hydrogens (primary N) is 2. The molecule has 6 N–H and O–H groups in total. The number of carbonyl (C=O) groups is 5. The molecule has 0 aliphatic carbocycles. The number of fused-ring (bicyclic) bond motifs is 2. The fourth-order valence-electron chi connectivity index (χ4n) is 9.99. The van der Waals surface area contributed by atoms with Crippen molar-refractivity contribution in [3.63, 3.8) is 0 Å². The van der Waals surface area contributed by atoms with Crippen LogP contribution in [0, 0.1) is 12.7 Å². The van der Waals surface area contributed by atoms with E-state index >= 15 is 4.39 Å². The van der Waals surface area contributed by atoms with Gasteiger partial charge in [-0.3, -0.25) is 34.2 Å². The molecule has 8 rings (SSSR count). The lowest BCUT2D eigenvalue weighted by Gasteiger charge is -2.36. The van der Waals surface area contributed by atoms with Crippen LogP contribution in [0.5, 0.6) is 0 Å². The van der Waals surface area contributed by atoms with Gasteiger partial charge in [0, 0.05) is 93.8 Å². The summed E-state index contributed by atoms with van der Waals surface area (Å²) in [7, 11) is 1.71. The van der Waals surface area contributed by atoms with Gasteiger partial charge in [0.2, 0.25) is 23.6 Å². The van der Waals surface area contributed by atoms with Gasteiger partial charge in [0.15, 0.2) is 5.82 Å². The van der Waals surface area contributed by atoms with Gasteiger partial charge < -0.3 is 30.4 Å². The van der Waals surface area contributed by atoms with Gasteiger partial charge in [-0.2, -0.15) is 0 Å². The maximum absolute atomic E-state index is 16.8. The summed E-state index contributed by atoms with van der Waals surface area (Å²) >= 11 is 0. The predicted octanol–water partition coefficient (Wildman–Crippen LogP) is 5.80. The number of hydrogen-bond donors (Lipinski definition) is 4. The number of rotatable bonds is 11. The summed E-state index contributed by atoms with van der Waals surface area (Å²) in [6, 6.07) is 15.3. The highest BCUT2D eigenvalue weighted by Gasteiger charge is 2.50. The number of benzene rings is 3. The van der Waals surface area contributed by atoms with E-state index in [1.54, 1.807) is 27.8 Å². The highest BCUT2D eigenvalue weighted by Crippen LogP contribution is 2.49. The number of piperidine rings is 2. The molecular formula is C49H58FN9O5. The average Bonchev–Trinajstić information content (AvgIpc) is 3.83. The Balaban J connectivity index is 1.06. The van der Waals surface area contributed by atoms with Gasteiger partial charge in [-0.15, -0.1) is 0 Å². The molecule has 1 unspecified atom stereocenters. The molecule has 14 nitrogen and oxygen atoms in total. The molecule has 15 heteroatoms. The SMILES string of the molecule is CCN(C)C(=O)c1cc2c(-c3ccc(C4CCN(c5cccc6c5C(C)(C)C(=O)N6C5CCC(=O)NC5=O)CC4)cc3C)cc(C3=CCCN(C(=O)CCN(N)/C=C\N)C3)c(F)c2[nH]1. The number of nitrogens with zero attached hydrogens (tertiary/aromatic N) is 5. The van der Waals surface area contributed by atoms with Crippen molar-refractivity contribution in [1.29, 1.82) is 0 Å². The van der Waals surface area contributed by atoms with Crippen molar-refractivity contribution in [1.82, 2.24) is 25.1 Å². The number of anilines is 2. The first-order valence-corrected chi connectivity index (χ1v) is 22.3. The number of amides is 5. The fraction of sp³-hybridized carbons (Fsp3) is 0.408. The summed E-state index contributed by atoms with van der Waals surface area (Å²) < 4.78 is 16.8. The summed E-state index contributed by atoms with van der Waals surface area (Å²) in [6.07, 6.45) is 7.78. The quantitative estimate of drug-likeness (QED) is 0.0823. The Kier molecular flexibility index (Phi) is 12.1. The lowest BCUT2D eigenvalue weighted by atomic mass is 9.83. The zero-order valence-corrected chi connectivity index (χ0v) is 37.3. The Morgan fingerprint density at radius 1 is 0.984 bits per heavy atom. The Morgan fingerprint density at radius 2 is 1.73 bits per heavy atom. The van der Waals surface area contributed by atoms with Crippen LogP contribution in [0.25, 0.3) is 27.6 Å². The van der Waals surface area contributed by atoms with E-state index in [2.05, 4.69) is 46.4 Å². The van der Waals surface area contributed by atoms with E-state index in [1.807, 2.05) is 45.0 Å². The third-order valence-electron chi connectivity index (χ3n) is 13.6. The van der Waals surface area contributed by atoms with Gasteiger partial charge in [0.25, 0.3) is 5.91 Å². The third-order valence-corrected chi connectivity index (χ3v) is 13.6. The smallest absolute Gasteiger partial charge is 0.270 e. The first kappa shape index (κ1) is 44.1. The van der Waals surface area contributed by atoms with Crippen LogP contribution in [0.2, 0.25) is 0 Å². The molecule has 64 heavy (non-hydrogen) atoms. The molecule has 5 heterocycles. The van der Waals surface area contributed by atoms with Gasteiger partial charge >= 0.3 is 0 Å². The molecule has 336 valence electrons. The van der Waals surface area contributed by atoms with Crippen LogP contribution in [0.15, 0.2) is 67.0 Å². The second-order valence-corrected chi connectivity index (χ2v) is 18.0. The standard InChI is InChI=1S/C49H58FN9O5/c1-6-55(5)47(63)37-27-36-35(26-34(44(50)45(36)53-37)32-9-8-20-57(28-32)42(61)18-23-58(52)24-19-51)33-13-12-31(25-29(33)2)30-16-21-56(22-17-30)38-10-7-11-39-43(38)49(3,4)48(64)59(39)40-14-15-41(60)54-46(40)62/h7,9-13,19,24-27,30,40,53H,6,8,14-18,20-23,28,51-52H2,1-5H3,(H,54,60,62)/b24-19-. The number of imide groups is 1. The van der Waals surface area contributed by atoms with E-state index in [4.69, 9.17) is 11.6 Å². The highest BCUT2D eigenvalue weighted by molar-refractivity contribution is 6.15. The van der Waals surface area contributed by atoms with Crippen LogP contribution in [-0.2, 0) is 24.6 Å². The topological polar surface area (TPSA) is 181 Å². The van der Waals surface area contributed by atoms with Crippen LogP contribution < -0.4 is 26.7 Å². The van der Waals surface area contributed by atoms with Gasteiger partial charge in [-0.1, -0.05) is 30.3 Å². The molecule has 5 amide bonds. The number of hydrazine groups is 1. The van der Waals surface area contributed by atoms with Crippen LogP contribution in [0.1, 0.15) is 98.0 Å². The molecule has 0 spiro atoms. The largest absolute Gasteiger partial charge is 0.403 e. The summed E-state index contributed by atoms with van der Waals surface area (Å²) in [4.78, 5) is 75.9. The van der Waals surface area contributed by atoms with Gasteiger partial charge in [0.1, 0.15) is 11.7 Å². The van der Waals surface area contributed by atoms with Crippen molar-refractivity contribution >= 4 is 57.4 Å². The van der Waals surface area contributed by atoms with Crippen LogP contribution in [-0.4, -0.2) is 102 Å². The maximum Gasteiger partial charge on any atom is 0.270 e. The van der Waals surface area contributed by atoms with Crippen LogP contribution in [0.4, 0.5) is 15.8 Å². The lowest BCUT2D eigenvalue weighted by Crippen LogP contribution is -2.55. The van der Waals surface area contributed by atoms with E-state index in [1.165, 1.54) is 23.0 Å². The molecule has 2 saturated heterocycles. The second kappa shape index (κ2) is 17.6. The Hall–Kier alpha value is -6.48. The van der Waals surface area contributed by atoms with Gasteiger partial charge in [0.05, 0.1) is 16.6 Å². The van der Waals surface area contributed by atoms with Crippen molar-refractivity contribution in [2.45, 2.75) is 83.6 Å². The Morgan fingerprint density at radius 3 is 2.44 bits per heavy atom. The molecule has 0 saturated carbocycles. The molecule has 4 aliphatic rings. The van der Waals surface area contributed by atoms with Crippen molar-refractivity contribution in [2.24, 2.45) is 11.6 Å². The number of aryl methyl sites for hydroxylation is 1. The summed E-state index contributed by atoms with van der Waals surface area (Å²) in [5.41, 5.74) is 12.7. The van der Waals surface area contributed by atoms with Crippen LogP contribution >= 0.6 is 0 Å².